The molecule has 0 aliphatic heterocycles. The fourth-order valence-electron chi connectivity index (χ4n) is 1.78. The molecule has 0 saturated carbocycles. The van der Waals surface area contributed by atoms with Gasteiger partial charge in [0.05, 0.1) is 12.7 Å². The van der Waals surface area contributed by atoms with E-state index in [-0.39, 0.29) is 5.82 Å². The van der Waals surface area contributed by atoms with E-state index in [1.807, 2.05) is 6.07 Å². The van der Waals surface area contributed by atoms with E-state index in [0.717, 1.165) is 17.4 Å². The number of aldehydes is 1. The molecule has 0 spiro atoms. The van der Waals surface area contributed by atoms with Gasteiger partial charge in [-0.1, -0.05) is 18.2 Å². The molecule has 0 bridgehead atoms. The summed E-state index contributed by atoms with van der Waals surface area (Å²) in [5, 5.41) is 0. The van der Waals surface area contributed by atoms with Crippen molar-refractivity contribution in [3.8, 4) is 16.9 Å². The maximum atomic E-state index is 13.5. The van der Waals surface area contributed by atoms with E-state index in [2.05, 4.69) is 0 Å². The summed E-state index contributed by atoms with van der Waals surface area (Å²) in [5.74, 6) is 0.261. The molecule has 0 unspecified atom stereocenters. The maximum absolute atomic E-state index is 13.5. The van der Waals surface area contributed by atoms with Crippen LogP contribution in [0.2, 0.25) is 0 Å². The second-order valence-corrected chi connectivity index (χ2v) is 4.04. The van der Waals surface area contributed by atoms with Crippen LogP contribution in [0.3, 0.4) is 0 Å². The van der Waals surface area contributed by atoms with E-state index < -0.39 is 0 Å². The molecular weight excluding hydrogens is 231 g/mol. The van der Waals surface area contributed by atoms with Crippen LogP contribution in [0.15, 0.2) is 36.4 Å². The summed E-state index contributed by atoms with van der Waals surface area (Å²) in [6.45, 7) is 1.71. The number of hydrogen-bond donors (Lipinski definition) is 0. The zero-order valence-corrected chi connectivity index (χ0v) is 10.2. The first-order chi connectivity index (χ1) is 8.65. The van der Waals surface area contributed by atoms with Crippen LogP contribution >= 0.6 is 0 Å². The number of hydrogen-bond acceptors (Lipinski definition) is 2. The monoisotopic (exact) mass is 244 g/mol. The smallest absolute Gasteiger partial charge is 0.153 e. The minimum atomic E-state index is -0.254. The van der Waals surface area contributed by atoms with Gasteiger partial charge in [0, 0.05) is 0 Å². The van der Waals surface area contributed by atoms with Crippen molar-refractivity contribution in [1.82, 2.24) is 0 Å². The largest absolute Gasteiger partial charge is 0.496 e. The molecule has 2 nitrogen and oxygen atoms in total. The van der Waals surface area contributed by atoms with Crippen molar-refractivity contribution < 1.29 is 13.9 Å². The van der Waals surface area contributed by atoms with Crippen molar-refractivity contribution in [2.75, 3.05) is 7.11 Å². The topological polar surface area (TPSA) is 26.3 Å². The highest BCUT2D eigenvalue weighted by molar-refractivity contribution is 5.83. The predicted molar refractivity (Wildman–Crippen MR) is 68.5 cm³/mol. The fraction of sp³-hybridized carbons (Fsp3) is 0.133. The number of aryl methyl sites for hydroxylation is 1. The van der Waals surface area contributed by atoms with E-state index >= 15 is 0 Å². The first kappa shape index (κ1) is 12.3. The molecule has 0 atom stereocenters. The van der Waals surface area contributed by atoms with Gasteiger partial charge in [0.1, 0.15) is 11.6 Å². The Morgan fingerprint density at radius 2 is 1.78 bits per heavy atom. The second kappa shape index (κ2) is 5.00. The lowest BCUT2D eigenvalue weighted by Crippen LogP contribution is -1.91. The van der Waals surface area contributed by atoms with E-state index in [1.54, 1.807) is 31.2 Å². The van der Waals surface area contributed by atoms with Gasteiger partial charge in [0.25, 0.3) is 0 Å². The highest BCUT2D eigenvalue weighted by Crippen LogP contribution is 2.26. The minimum absolute atomic E-state index is 0.254. The van der Waals surface area contributed by atoms with Gasteiger partial charge >= 0.3 is 0 Å². The molecule has 0 aliphatic rings. The van der Waals surface area contributed by atoms with Crippen LogP contribution in [0, 0.1) is 12.7 Å². The van der Waals surface area contributed by atoms with Gasteiger partial charge in [-0.2, -0.15) is 0 Å². The predicted octanol–water partition coefficient (Wildman–Crippen LogP) is 3.62. The first-order valence-electron chi connectivity index (χ1n) is 5.55. The molecule has 0 aromatic heterocycles. The number of benzene rings is 2. The van der Waals surface area contributed by atoms with Crippen LogP contribution < -0.4 is 4.74 Å². The first-order valence-corrected chi connectivity index (χ1v) is 5.55. The van der Waals surface area contributed by atoms with Crippen LogP contribution in [-0.2, 0) is 0 Å². The number of halogens is 1. The third-order valence-electron chi connectivity index (χ3n) is 2.86. The Labute approximate surface area is 105 Å². The molecule has 2 aromatic carbocycles. The van der Waals surface area contributed by atoms with Gasteiger partial charge in [-0.25, -0.2) is 4.39 Å². The summed E-state index contributed by atoms with van der Waals surface area (Å²) >= 11 is 0. The van der Waals surface area contributed by atoms with E-state index in [4.69, 9.17) is 4.74 Å². The molecule has 92 valence electrons. The van der Waals surface area contributed by atoms with Crippen LogP contribution in [0.1, 0.15) is 15.9 Å². The summed E-state index contributed by atoms with van der Waals surface area (Å²) in [7, 11) is 1.51. The van der Waals surface area contributed by atoms with Crippen LogP contribution in [-0.4, -0.2) is 13.4 Å². The molecule has 2 rings (SSSR count). The van der Waals surface area contributed by atoms with E-state index in [1.165, 1.54) is 13.2 Å². The molecule has 0 amide bonds. The lowest BCUT2D eigenvalue weighted by Gasteiger charge is -2.07. The lowest BCUT2D eigenvalue weighted by molar-refractivity contribution is 0.112. The quantitative estimate of drug-likeness (QED) is 0.771. The number of ether oxygens (including phenoxy) is 1. The molecule has 0 radical (unpaired) electrons. The normalized spacial score (nSPS) is 10.2. The number of carbonyl (C=O) groups is 1. The van der Waals surface area contributed by atoms with E-state index in [9.17, 15) is 9.18 Å². The maximum Gasteiger partial charge on any atom is 0.153 e. The SMILES string of the molecule is COc1ccc(-c2ccc(C)c(F)c2)cc1C=O. The van der Waals surface area contributed by atoms with Gasteiger partial charge in [-0.05, 0) is 41.8 Å². The van der Waals surface area contributed by atoms with Gasteiger partial charge in [-0.3, -0.25) is 4.79 Å². The van der Waals surface area contributed by atoms with Gasteiger partial charge in [0.15, 0.2) is 6.29 Å². The van der Waals surface area contributed by atoms with Crippen molar-refractivity contribution in [1.29, 1.82) is 0 Å². The summed E-state index contributed by atoms with van der Waals surface area (Å²) in [6, 6.07) is 10.2. The standard InChI is InChI=1S/C15H13FO2/c1-10-3-4-12(8-14(10)16)11-5-6-15(18-2)13(7-11)9-17/h3-9H,1-2H3. The summed E-state index contributed by atoms with van der Waals surface area (Å²) < 4.78 is 18.6. The van der Waals surface area contributed by atoms with Crippen LogP contribution in [0.5, 0.6) is 5.75 Å². The van der Waals surface area contributed by atoms with Crippen LogP contribution in [0.4, 0.5) is 4.39 Å². The lowest BCUT2D eigenvalue weighted by atomic mass is 10.0. The van der Waals surface area contributed by atoms with E-state index in [0.29, 0.717) is 16.9 Å². The summed E-state index contributed by atoms with van der Waals surface area (Å²) in [6.07, 6.45) is 0.729. The molecular formula is C15H13FO2. The molecule has 0 heterocycles. The number of carbonyl (C=O) groups excluding carboxylic acids is 1. The van der Waals surface area contributed by atoms with Gasteiger partial charge in [0.2, 0.25) is 0 Å². The molecule has 3 heteroatoms. The summed E-state index contributed by atoms with van der Waals surface area (Å²) in [4.78, 5) is 10.9. The average Bonchev–Trinajstić information content (AvgIpc) is 2.41. The average molecular weight is 244 g/mol. The molecule has 0 N–H and O–H groups in total. The third kappa shape index (κ3) is 2.25. The Bertz CT molecular complexity index is 591. The Kier molecular flexibility index (Phi) is 3.42. The van der Waals surface area contributed by atoms with Gasteiger partial charge in [-0.15, -0.1) is 0 Å². The fourth-order valence-corrected chi connectivity index (χ4v) is 1.78. The third-order valence-corrected chi connectivity index (χ3v) is 2.86. The Morgan fingerprint density at radius 1 is 1.11 bits per heavy atom. The van der Waals surface area contributed by atoms with Crippen molar-refractivity contribution in [3.05, 3.63) is 53.3 Å². The Morgan fingerprint density at radius 3 is 2.39 bits per heavy atom. The van der Waals surface area contributed by atoms with Crippen molar-refractivity contribution in [2.24, 2.45) is 0 Å². The van der Waals surface area contributed by atoms with Crippen molar-refractivity contribution in [3.63, 3.8) is 0 Å². The molecule has 0 aliphatic carbocycles. The zero-order valence-electron chi connectivity index (χ0n) is 10.2. The molecule has 2 aromatic rings. The number of rotatable bonds is 3. The molecule has 18 heavy (non-hydrogen) atoms. The molecule has 0 saturated heterocycles. The Balaban J connectivity index is 2.50. The summed E-state index contributed by atoms with van der Waals surface area (Å²) in [5.41, 5.74) is 2.58. The highest BCUT2D eigenvalue weighted by Gasteiger charge is 2.06. The molecule has 0 fully saturated rings. The minimum Gasteiger partial charge on any atom is -0.496 e. The van der Waals surface area contributed by atoms with Gasteiger partial charge < -0.3 is 4.74 Å². The van der Waals surface area contributed by atoms with Crippen LogP contribution in [0.25, 0.3) is 11.1 Å². The Hall–Kier alpha value is -2.16. The number of methoxy groups -OCH3 is 1. The van der Waals surface area contributed by atoms with Crippen molar-refractivity contribution in [2.45, 2.75) is 6.92 Å². The zero-order chi connectivity index (χ0) is 13.1. The second-order valence-electron chi connectivity index (χ2n) is 4.04. The van der Waals surface area contributed by atoms with Crippen molar-refractivity contribution >= 4 is 6.29 Å². The highest BCUT2D eigenvalue weighted by atomic mass is 19.1.